The Hall–Kier alpha value is -2.04. The van der Waals surface area contributed by atoms with E-state index in [-0.39, 0.29) is 24.3 Å². The molecule has 0 aliphatic carbocycles. The number of hydrogen-bond acceptors (Lipinski definition) is 2. The quantitative estimate of drug-likeness (QED) is 0.661. The zero-order valence-electron chi connectivity index (χ0n) is 16.4. The first-order valence-electron chi connectivity index (χ1n) is 9.39. The van der Waals surface area contributed by atoms with E-state index in [1.54, 1.807) is 30.0 Å². The van der Waals surface area contributed by atoms with Gasteiger partial charge < -0.3 is 10.2 Å². The molecule has 0 aliphatic rings. The van der Waals surface area contributed by atoms with Gasteiger partial charge in [0, 0.05) is 22.6 Å². The van der Waals surface area contributed by atoms with Gasteiger partial charge in [-0.3, -0.25) is 9.59 Å². The number of amides is 2. The van der Waals surface area contributed by atoms with Gasteiger partial charge in [-0.25, -0.2) is 0 Å². The van der Waals surface area contributed by atoms with E-state index in [4.69, 9.17) is 23.2 Å². The van der Waals surface area contributed by atoms with Crippen LogP contribution in [0.4, 0.5) is 0 Å². The Labute approximate surface area is 176 Å². The summed E-state index contributed by atoms with van der Waals surface area (Å²) in [6.07, 6.45) is 0.926. The van der Waals surface area contributed by atoms with Crippen LogP contribution in [0.2, 0.25) is 10.0 Å². The summed E-state index contributed by atoms with van der Waals surface area (Å²) in [7, 11) is 0. The van der Waals surface area contributed by atoms with Gasteiger partial charge in [0.05, 0.1) is 6.42 Å². The lowest BCUT2D eigenvalue weighted by molar-refractivity contribution is -0.140. The van der Waals surface area contributed by atoms with E-state index in [1.807, 2.05) is 44.2 Å². The highest BCUT2D eigenvalue weighted by molar-refractivity contribution is 6.35. The Balaban J connectivity index is 2.23. The largest absolute Gasteiger partial charge is 0.352 e. The van der Waals surface area contributed by atoms with Gasteiger partial charge in [0.1, 0.15) is 6.04 Å². The van der Waals surface area contributed by atoms with Gasteiger partial charge in [-0.05, 0) is 43.5 Å². The summed E-state index contributed by atoms with van der Waals surface area (Å²) in [5, 5.41) is 3.92. The molecule has 0 aliphatic heterocycles. The van der Waals surface area contributed by atoms with Crippen LogP contribution in [0.1, 0.15) is 38.3 Å². The number of hydrogen-bond donors (Lipinski definition) is 1. The van der Waals surface area contributed by atoms with Crippen molar-refractivity contribution in [2.75, 3.05) is 0 Å². The molecule has 4 nitrogen and oxygen atoms in total. The van der Waals surface area contributed by atoms with Crippen molar-refractivity contribution < 1.29 is 9.59 Å². The maximum atomic E-state index is 13.1. The average molecular weight is 421 g/mol. The van der Waals surface area contributed by atoms with Gasteiger partial charge in [0.25, 0.3) is 0 Å². The molecule has 2 amide bonds. The number of carbonyl (C=O) groups excluding carboxylic acids is 2. The van der Waals surface area contributed by atoms with Crippen molar-refractivity contribution in [1.82, 2.24) is 10.2 Å². The molecule has 28 heavy (non-hydrogen) atoms. The minimum atomic E-state index is -0.604. The second-order valence-electron chi connectivity index (χ2n) is 6.91. The van der Waals surface area contributed by atoms with E-state index in [1.165, 1.54) is 0 Å². The van der Waals surface area contributed by atoms with Crippen LogP contribution in [-0.2, 0) is 22.6 Å². The number of halogens is 2. The van der Waals surface area contributed by atoms with Crippen LogP contribution in [0.3, 0.4) is 0 Å². The standard InChI is InChI=1S/C22H26Cl2N2O2/c1-4-15(2)25-22(28)16(3)26(14-17-8-6-5-7-9-17)21(27)12-18-10-11-19(23)13-20(18)24/h5-11,13,15-16H,4,12,14H2,1-3H3,(H,25,28)/t15-,16+/m1/s1. The number of benzene rings is 2. The summed E-state index contributed by atoms with van der Waals surface area (Å²) in [4.78, 5) is 27.4. The highest BCUT2D eigenvalue weighted by Crippen LogP contribution is 2.22. The van der Waals surface area contributed by atoms with E-state index >= 15 is 0 Å². The summed E-state index contributed by atoms with van der Waals surface area (Å²) in [6, 6.07) is 14.1. The third-order valence-corrected chi connectivity index (χ3v) is 5.31. The molecule has 0 bridgehead atoms. The zero-order chi connectivity index (χ0) is 20.7. The second kappa shape index (κ2) is 10.5. The predicted molar refractivity (Wildman–Crippen MR) is 115 cm³/mol. The van der Waals surface area contributed by atoms with Gasteiger partial charge in [0.15, 0.2) is 0 Å². The Bertz CT molecular complexity index is 811. The summed E-state index contributed by atoms with van der Waals surface area (Å²) >= 11 is 12.2. The Kier molecular flexibility index (Phi) is 8.34. The van der Waals surface area contributed by atoms with E-state index < -0.39 is 6.04 Å². The first-order valence-corrected chi connectivity index (χ1v) is 10.1. The van der Waals surface area contributed by atoms with Crippen molar-refractivity contribution in [1.29, 1.82) is 0 Å². The number of carbonyl (C=O) groups is 2. The van der Waals surface area contributed by atoms with Crippen molar-refractivity contribution in [3.8, 4) is 0 Å². The molecule has 0 aromatic heterocycles. The van der Waals surface area contributed by atoms with Crippen molar-refractivity contribution in [2.24, 2.45) is 0 Å². The van der Waals surface area contributed by atoms with E-state index in [9.17, 15) is 9.59 Å². The van der Waals surface area contributed by atoms with Gasteiger partial charge in [0.2, 0.25) is 11.8 Å². The fraction of sp³-hybridized carbons (Fsp3) is 0.364. The molecular weight excluding hydrogens is 395 g/mol. The number of nitrogens with zero attached hydrogens (tertiary/aromatic N) is 1. The predicted octanol–water partition coefficient (Wildman–Crippen LogP) is 4.87. The molecule has 2 atom stereocenters. The van der Waals surface area contributed by atoms with Crippen LogP contribution in [0.5, 0.6) is 0 Å². The summed E-state index contributed by atoms with van der Waals surface area (Å²) in [5.41, 5.74) is 1.64. The normalized spacial score (nSPS) is 12.9. The summed E-state index contributed by atoms with van der Waals surface area (Å²) in [6.45, 7) is 6.05. The topological polar surface area (TPSA) is 49.4 Å². The fourth-order valence-corrected chi connectivity index (χ4v) is 3.23. The van der Waals surface area contributed by atoms with Crippen molar-refractivity contribution in [2.45, 2.75) is 52.2 Å². The van der Waals surface area contributed by atoms with Gasteiger partial charge >= 0.3 is 0 Å². The molecule has 2 rings (SSSR count). The third-order valence-electron chi connectivity index (χ3n) is 4.72. The lowest BCUT2D eigenvalue weighted by atomic mass is 10.1. The van der Waals surface area contributed by atoms with Crippen molar-refractivity contribution in [3.05, 3.63) is 69.7 Å². The van der Waals surface area contributed by atoms with E-state index in [0.717, 1.165) is 12.0 Å². The molecule has 150 valence electrons. The molecule has 0 saturated carbocycles. The van der Waals surface area contributed by atoms with Crippen molar-refractivity contribution in [3.63, 3.8) is 0 Å². The Morgan fingerprint density at radius 1 is 1.07 bits per heavy atom. The summed E-state index contributed by atoms with van der Waals surface area (Å²) in [5.74, 6) is -0.333. The zero-order valence-corrected chi connectivity index (χ0v) is 17.9. The minimum Gasteiger partial charge on any atom is -0.352 e. The molecule has 0 fully saturated rings. The Morgan fingerprint density at radius 3 is 2.36 bits per heavy atom. The first kappa shape index (κ1) is 22.3. The molecule has 2 aromatic rings. The minimum absolute atomic E-state index is 0.0503. The molecule has 6 heteroatoms. The molecule has 0 radical (unpaired) electrons. The maximum absolute atomic E-state index is 13.1. The number of rotatable bonds is 8. The summed E-state index contributed by atoms with van der Waals surface area (Å²) < 4.78 is 0. The van der Waals surface area contributed by atoms with Crippen molar-refractivity contribution >= 4 is 35.0 Å². The SMILES string of the molecule is CC[C@@H](C)NC(=O)[C@H](C)N(Cc1ccccc1)C(=O)Cc1ccc(Cl)cc1Cl. The smallest absolute Gasteiger partial charge is 0.242 e. The third kappa shape index (κ3) is 6.25. The molecule has 2 aromatic carbocycles. The molecule has 1 N–H and O–H groups in total. The van der Waals surface area contributed by atoms with Crippen LogP contribution in [-0.4, -0.2) is 28.8 Å². The molecular formula is C22H26Cl2N2O2. The fourth-order valence-electron chi connectivity index (χ4n) is 2.76. The van der Waals surface area contributed by atoms with E-state index in [2.05, 4.69) is 5.32 Å². The number of nitrogens with one attached hydrogen (secondary N) is 1. The van der Waals surface area contributed by atoms with Gasteiger partial charge in [-0.2, -0.15) is 0 Å². The highest BCUT2D eigenvalue weighted by atomic mass is 35.5. The van der Waals surface area contributed by atoms with E-state index in [0.29, 0.717) is 22.2 Å². The second-order valence-corrected chi connectivity index (χ2v) is 7.76. The monoisotopic (exact) mass is 420 g/mol. The molecule has 0 spiro atoms. The van der Waals surface area contributed by atoms with Crippen LogP contribution in [0, 0.1) is 0 Å². The molecule has 0 saturated heterocycles. The highest BCUT2D eigenvalue weighted by Gasteiger charge is 2.27. The first-order chi connectivity index (χ1) is 13.3. The maximum Gasteiger partial charge on any atom is 0.242 e. The Morgan fingerprint density at radius 2 is 1.75 bits per heavy atom. The van der Waals surface area contributed by atoms with Gasteiger partial charge in [-0.1, -0.05) is 66.5 Å². The lowest BCUT2D eigenvalue weighted by Gasteiger charge is -2.30. The van der Waals surface area contributed by atoms with Crippen LogP contribution < -0.4 is 5.32 Å². The van der Waals surface area contributed by atoms with Gasteiger partial charge in [-0.15, -0.1) is 0 Å². The van der Waals surface area contributed by atoms with Crippen LogP contribution in [0.25, 0.3) is 0 Å². The lowest BCUT2D eigenvalue weighted by Crippen LogP contribution is -2.49. The van der Waals surface area contributed by atoms with Crippen LogP contribution >= 0.6 is 23.2 Å². The van der Waals surface area contributed by atoms with Crippen LogP contribution in [0.15, 0.2) is 48.5 Å². The average Bonchev–Trinajstić information content (AvgIpc) is 2.68. The molecule has 0 heterocycles. The molecule has 0 unspecified atom stereocenters.